The second kappa shape index (κ2) is 4.61. The third-order valence-electron chi connectivity index (χ3n) is 2.04. The molecule has 7 heteroatoms. The van der Waals surface area contributed by atoms with Crippen molar-refractivity contribution in [1.82, 2.24) is 9.97 Å². The van der Waals surface area contributed by atoms with E-state index in [1.165, 1.54) is 12.1 Å². The first-order valence-corrected chi connectivity index (χ1v) is 5.89. The smallest absolute Gasteiger partial charge is 0.268 e. The Bertz CT molecular complexity index is 645. The fourth-order valence-electron chi connectivity index (χ4n) is 1.23. The highest BCUT2D eigenvalue weighted by atomic mass is 127. The Morgan fingerprint density at radius 1 is 1.47 bits per heavy atom. The van der Waals surface area contributed by atoms with Crippen LogP contribution in [-0.4, -0.2) is 15.1 Å². The zero-order valence-corrected chi connectivity index (χ0v) is 11.1. The molecule has 0 aliphatic rings. The number of aromatic nitrogens is 2. The van der Waals surface area contributed by atoms with Crippen LogP contribution in [0.15, 0.2) is 23.0 Å². The summed E-state index contributed by atoms with van der Waals surface area (Å²) in [6.45, 7) is 0. The molecule has 0 aliphatic carbocycles. The third-order valence-corrected chi connectivity index (χ3v) is 3.30. The first kappa shape index (κ1) is 12.3. The number of hydrogen-bond donors (Lipinski definition) is 2. The molecule has 2 N–H and O–H groups in total. The van der Waals surface area contributed by atoms with E-state index in [1.807, 2.05) is 0 Å². The van der Waals surface area contributed by atoms with Crippen LogP contribution >= 0.6 is 34.2 Å². The Hall–Kier alpha value is -1.15. The summed E-state index contributed by atoms with van der Waals surface area (Å²) in [4.78, 5) is 17.7. The average Bonchev–Trinajstić information content (AvgIpc) is 2.29. The molecule has 0 fully saturated rings. The number of aromatic hydroxyl groups is 1. The second-order valence-corrected chi connectivity index (χ2v) is 4.67. The summed E-state index contributed by atoms with van der Waals surface area (Å²) < 4.78 is 13.1. The lowest BCUT2D eigenvalue weighted by atomic mass is 10.2. The van der Waals surface area contributed by atoms with Crippen molar-refractivity contribution in [3.63, 3.8) is 0 Å². The molecule has 1 heterocycles. The van der Waals surface area contributed by atoms with Gasteiger partial charge in [0, 0.05) is 5.56 Å². The molecule has 4 nitrogen and oxygen atoms in total. The lowest BCUT2D eigenvalue weighted by Crippen LogP contribution is -2.12. The second-order valence-electron chi connectivity index (χ2n) is 3.18. The summed E-state index contributed by atoms with van der Waals surface area (Å²) in [5.74, 6) is -0.799. The van der Waals surface area contributed by atoms with Gasteiger partial charge in [-0.05, 0) is 40.8 Å². The van der Waals surface area contributed by atoms with Crippen LogP contribution in [0.4, 0.5) is 4.39 Å². The number of aromatic amines is 1. The van der Waals surface area contributed by atoms with Crippen LogP contribution in [0.5, 0.6) is 5.88 Å². The third kappa shape index (κ3) is 2.42. The van der Waals surface area contributed by atoms with Gasteiger partial charge in [0.2, 0.25) is 5.88 Å². The van der Waals surface area contributed by atoms with Crippen LogP contribution in [0, 0.1) is 9.39 Å². The maximum atomic E-state index is 13.0. The predicted molar refractivity (Wildman–Crippen MR) is 69.6 cm³/mol. The Morgan fingerprint density at radius 3 is 2.76 bits per heavy atom. The van der Waals surface area contributed by atoms with Gasteiger partial charge in [0.1, 0.15) is 15.2 Å². The summed E-state index contributed by atoms with van der Waals surface area (Å²) in [6.07, 6.45) is 0. The van der Waals surface area contributed by atoms with Crippen LogP contribution in [0.25, 0.3) is 11.4 Å². The molecular weight excluding hydrogens is 361 g/mol. The van der Waals surface area contributed by atoms with Crippen molar-refractivity contribution in [2.24, 2.45) is 0 Å². The highest BCUT2D eigenvalue weighted by Gasteiger charge is 2.10. The van der Waals surface area contributed by atoms with Gasteiger partial charge in [0.15, 0.2) is 0 Å². The van der Waals surface area contributed by atoms with Gasteiger partial charge in [-0.1, -0.05) is 11.6 Å². The van der Waals surface area contributed by atoms with Crippen molar-refractivity contribution in [3.05, 3.63) is 43.0 Å². The van der Waals surface area contributed by atoms with E-state index in [2.05, 4.69) is 9.97 Å². The Balaban J connectivity index is 2.61. The fourth-order valence-corrected chi connectivity index (χ4v) is 1.66. The molecule has 88 valence electrons. The molecule has 0 spiro atoms. The first-order valence-electron chi connectivity index (χ1n) is 4.43. The Morgan fingerprint density at radius 2 is 2.18 bits per heavy atom. The molecule has 0 radical (unpaired) electrons. The number of rotatable bonds is 1. The Kier molecular flexibility index (Phi) is 3.34. The largest absolute Gasteiger partial charge is 0.492 e. The van der Waals surface area contributed by atoms with Crippen molar-refractivity contribution in [2.75, 3.05) is 0 Å². The summed E-state index contributed by atoms with van der Waals surface area (Å²) in [6, 6.07) is 3.89. The summed E-state index contributed by atoms with van der Waals surface area (Å²) >= 11 is 7.29. The summed E-state index contributed by atoms with van der Waals surface area (Å²) in [7, 11) is 0. The molecule has 0 saturated heterocycles. The highest BCUT2D eigenvalue weighted by Crippen LogP contribution is 2.23. The van der Waals surface area contributed by atoms with Gasteiger partial charge in [-0.2, -0.15) is 4.98 Å². The zero-order valence-electron chi connectivity index (χ0n) is 8.17. The molecule has 2 rings (SSSR count). The fraction of sp³-hybridized carbons (Fsp3) is 0. The van der Waals surface area contributed by atoms with E-state index in [-0.39, 0.29) is 20.3 Å². The topological polar surface area (TPSA) is 66.0 Å². The normalized spacial score (nSPS) is 10.5. The predicted octanol–water partition coefficient (Wildman–Crippen LogP) is 2.54. The lowest BCUT2D eigenvalue weighted by molar-refractivity contribution is 0.447. The standard InChI is InChI=1S/C10H5ClFIN2O2/c11-5-3-4(1-2-6(5)12)8-14-9(16)7(13)10(17)15-8/h1-3H,(H2,14,15,16,17). The molecule has 2 aromatic rings. The highest BCUT2D eigenvalue weighted by molar-refractivity contribution is 14.1. The van der Waals surface area contributed by atoms with E-state index in [0.717, 1.165) is 6.07 Å². The summed E-state index contributed by atoms with van der Waals surface area (Å²) in [5, 5.41) is 9.34. The maximum absolute atomic E-state index is 13.0. The number of benzene rings is 1. The monoisotopic (exact) mass is 366 g/mol. The van der Waals surface area contributed by atoms with Crippen molar-refractivity contribution in [3.8, 4) is 17.3 Å². The molecular formula is C10H5ClFIN2O2. The van der Waals surface area contributed by atoms with Gasteiger partial charge in [0.05, 0.1) is 5.02 Å². The van der Waals surface area contributed by atoms with Crippen LogP contribution in [0.2, 0.25) is 5.02 Å². The number of H-pyrrole nitrogens is 1. The van der Waals surface area contributed by atoms with Gasteiger partial charge < -0.3 is 10.1 Å². The maximum Gasteiger partial charge on any atom is 0.268 e. The quantitative estimate of drug-likeness (QED) is 0.762. The van der Waals surface area contributed by atoms with Crippen molar-refractivity contribution in [2.45, 2.75) is 0 Å². The minimum Gasteiger partial charge on any atom is -0.492 e. The molecule has 1 aromatic carbocycles. The molecule has 0 unspecified atom stereocenters. The number of hydrogen-bond acceptors (Lipinski definition) is 3. The minimum atomic E-state index is -0.563. The molecule has 0 amide bonds. The van der Waals surface area contributed by atoms with E-state index >= 15 is 0 Å². The van der Waals surface area contributed by atoms with Crippen molar-refractivity contribution < 1.29 is 9.50 Å². The SMILES string of the molecule is O=c1[nH]c(-c2ccc(F)c(Cl)c2)nc(O)c1I. The molecule has 0 atom stereocenters. The van der Waals surface area contributed by atoms with E-state index in [1.54, 1.807) is 22.6 Å². The van der Waals surface area contributed by atoms with E-state index < -0.39 is 11.4 Å². The Labute approximate surface area is 114 Å². The van der Waals surface area contributed by atoms with Gasteiger partial charge in [0.25, 0.3) is 5.56 Å². The number of nitrogens with one attached hydrogen (secondary N) is 1. The molecule has 0 aliphatic heterocycles. The molecule has 0 saturated carbocycles. The minimum absolute atomic E-state index is 0.0804. The van der Waals surface area contributed by atoms with Crippen LogP contribution < -0.4 is 5.56 Å². The first-order chi connectivity index (χ1) is 7.99. The zero-order chi connectivity index (χ0) is 12.6. The molecule has 17 heavy (non-hydrogen) atoms. The lowest BCUT2D eigenvalue weighted by Gasteiger charge is -2.03. The van der Waals surface area contributed by atoms with E-state index in [9.17, 15) is 14.3 Å². The molecule has 0 bridgehead atoms. The van der Waals surface area contributed by atoms with Gasteiger partial charge in [-0.15, -0.1) is 0 Å². The average molecular weight is 367 g/mol. The van der Waals surface area contributed by atoms with E-state index in [0.29, 0.717) is 5.56 Å². The number of halogens is 3. The van der Waals surface area contributed by atoms with E-state index in [4.69, 9.17) is 11.6 Å². The number of nitrogens with zero attached hydrogens (tertiary/aromatic N) is 1. The van der Waals surface area contributed by atoms with Gasteiger partial charge in [-0.3, -0.25) is 4.79 Å². The van der Waals surface area contributed by atoms with Gasteiger partial charge in [-0.25, -0.2) is 4.39 Å². The van der Waals surface area contributed by atoms with Gasteiger partial charge >= 0.3 is 0 Å². The molecule has 1 aromatic heterocycles. The van der Waals surface area contributed by atoms with Crippen LogP contribution in [0.1, 0.15) is 0 Å². The van der Waals surface area contributed by atoms with Crippen molar-refractivity contribution >= 4 is 34.2 Å². The van der Waals surface area contributed by atoms with Crippen molar-refractivity contribution in [1.29, 1.82) is 0 Å². The van der Waals surface area contributed by atoms with Crippen LogP contribution in [0.3, 0.4) is 0 Å². The van der Waals surface area contributed by atoms with Crippen LogP contribution in [-0.2, 0) is 0 Å². The summed E-state index contributed by atoms with van der Waals surface area (Å²) in [5.41, 5.74) is -0.0475.